The monoisotopic (exact) mass is 368 g/mol. The van der Waals surface area contributed by atoms with E-state index in [9.17, 15) is 8.42 Å². The first-order valence-corrected chi connectivity index (χ1v) is 10.5. The van der Waals surface area contributed by atoms with Crippen LogP contribution >= 0.6 is 0 Å². The molecule has 5 heteroatoms. The number of hydrogen-bond acceptors (Lipinski definition) is 2. The summed E-state index contributed by atoms with van der Waals surface area (Å²) in [6.45, 7) is 3.79. The van der Waals surface area contributed by atoms with Gasteiger partial charge in [0.2, 0.25) is 10.0 Å². The zero-order chi connectivity index (χ0) is 18.5. The fourth-order valence-electron chi connectivity index (χ4n) is 4.00. The maximum absolute atomic E-state index is 13.2. The van der Waals surface area contributed by atoms with E-state index in [0.29, 0.717) is 4.90 Å². The van der Waals surface area contributed by atoms with Crippen molar-refractivity contribution in [2.24, 2.45) is 0 Å². The highest BCUT2D eigenvalue weighted by Gasteiger charge is 2.32. The van der Waals surface area contributed by atoms with Gasteiger partial charge in [0.25, 0.3) is 0 Å². The van der Waals surface area contributed by atoms with Crippen LogP contribution in [0.2, 0.25) is 0 Å². The van der Waals surface area contributed by atoms with Crippen LogP contribution in [-0.2, 0) is 22.9 Å². The average molecular weight is 369 g/mol. The normalized spacial score (nSPS) is 17.6. The van der Waals surface area contributed by atoms with E-state index in [2.05, 4.69) is 17.1 Å². The minimum Gasteiger partial charge on any atom is -0.358 e. The van der Waals surface area contributed by atoms with Crippen LogP contribution in [0.25, 0.3) is 10.9 Å². The van der Waals surface area contributed by atoms with E-state index in [1.807, 2.05) is 38.1 Å². The summed E-state index contributed by atoms with van der Waals surface area (Å²) < 4.78 is 28.1. The highest BCUT2D eigenvalue weighted by Crippen LogP contribution is 2.32. The lowest BCUT2D eigenvalue weighted by Gasteiger charge is -2.31. The molecule has 1 unspecified atom stereocenters. The second kappa shape index (κ2) is 6.25. The number of benzene rings is 2. The Bertz CT molecular complexity index is 1080. The molecule has 0 aliphatic heterocycles. The summed E-state index contributed by atoms with van der Waals surface area (Å²) in [5.41, 5.74) is 5.41. The van der Waals surface area contributed by atoms with Crippen molar-refractivity contribution >= 4 is 20.9 Å². The lowest BCUT2D eigenvalue weighted by atomic mass is 9.91. The number of hydrogen-bond donors (Lipinski definition) is 1. The maximum atomic E-state index is 13.2. The fraction of sp³-hybridized carbons (Fsp3) is 0.333. The highest BCUT2D eigenvalue weighted by atomic mass is 32.2. The summed E-state index contributed by atoms with van der Waals surface area (Å²) in [5, 5.41) is 1.21. The van der Waals surface area contributed by atoms with Crippen molar-refractivity contribution in [3.8, 4) is 0 Å². The Labute approximate surface area is 154 Å². The second-order valence-electron chi connectivity index (χ2n) is 7.31. The summed E-state index contributed by atoms with van der Waals surface area (Å²) in [4.78, 5) is 3.92. The standard InChI is InChI=1S/C21H24N2O2S/c1-14-8-9-15(2)21(12-14)26(24,25)23(3)16-10-11-20-18(13-16)17-6-4-5-7-19(17)22-20/h4-9,12,16,22H,10-11,13H2,1-3H3. The molecule has 0 saturated heterocycles. The van der Waals surface area contributed by atoms with Gasteiger partial charge in [-0.05, 0) is 61.9 Å². The molecule has 26 heavy (non-hydrogen) atoms. The van der Waals surface area contributed by atoms with Crippen LogP contribution in [0.3, 0.4) is 0 Å². The number of para-hydroxylation sites is 1. The molecule has 1 aromatic heterocycles. The molecule has 4 nitrogen and oxygen atoms in total. The third kappa shape index (κ3) is 2.75. The summed E-state index contributed by atoms with van der Waals surface area (Å²) in [5.74, 6) is 0. The molecule has 0 spiro atoms. The Morgan fingerprint density at radius 1 is 1.12 bits per heavy atom. The molecule has 3 aromatic rings. The summed E-state index contributed by atoms with van der Waals surface area (Å²) in [7, 11) is -1.78. The number of rotatable bonds is 3. The summed E-state index contributed by atoms with van der Waals surface area (Å²) in [6.07, 6.45) is 2.46. The van der Waals surface area contributed by atoms with Crippen molar-refractivity contribution in [2.45, 2.75) is 44.0 Å². The van der Waals surface area contributed by atoms with E-state index in [1.165, 1.54) is 16.6 Å². The van der Waals surface area contributed by atoms with Crippen molar-refractivity contribution in [2.75, 3.05) is 7.05 Å². The Kier molecular flexibility index (Phi) is 4.16. The van der Waals surface area contributed by atoms with E-state index in [1.54, 1.807) is 17.4 Å². The van der Waals surface area contributed by atoms with Gasteiger partial charge in [-0.25, -0.2) is 8.42 Å². The zero-order valence-electron chi connectivity index (χ0n) is 15.4. The molecule has 2 aromatic carbocycles. The zero-order valence-corrected chi connectivity index (χ0v) is 16.2. The lowest BCUT2D eigenvalue weighted by Crippen LogP contribution is -2.40. The number of H-pyrrole nitrogens is 1. The Hall–Kier alpha value is -2.11. The minimum absolute atomic E-state index is 0.0216. The van der Waals surface area contributed by atoms with Crippen LogP contribution in [0.15, 0.2) is 47.4 Å². The van der Waals surface area contributed by atoms with Gasteiger partial charge in [-0.15, -0.1) is 0 Å². The van der Waals surface area contributed by atoms with Gasteiger partial charge in [0.15, 0.2) is 0 Å². The van der Waals surface area contributed by atoms with Gasteiger partial charge in [0.1, 0.15) is 0 Å². The number of nitrogens with one attached hydrogen (secondary N) is 1. The van der Waals surface area contributed by atoms with Crippen LogP contribution in [0.5, 0.6) is 0 Å². The number of nitrogens with zero attached hydrogens (tertiary/aromatic N) is 1. The molecule has 0 saturated carbocycles. The van der Waals surface area contributed by atoms with Crippen molar-refractivity contribution in [1.82, 2.24) is 9.29 Å². The molecule has 1 atom stereocenters. The van der Waals surface area contributed by atoms with Crippen molar-refractivity contribution in [3.05, 3.63) is 64.8 Å². The predicted molar refractivity (Wildman–Crippen MR) is 105 cm³/mol. The quantitative estimate of drug-likeness (QED) is 0.761. The van der Waals surface area contributed by atoms with Gasteiger partial charge in [0.05, 0.1) is 4.90 Å². The molecule has 1 heterocycles. The molecule has 1 N–H and O–H groups in total. The third-order valence-corrected chi connectivity index (χ3v) is 7.64. The second-order valence-corrected chi connectivity index (χ2v) is 9.28. The van der Waals surface area contributed by atoms with Crippen molar-refractivity contribution in [1.29, 1.82) is 0 Å². The first-order chi connectivity index (χ1) is 12.4. The minimum atomic E-state index is -3.51. The Morgan fingerprint density at radius 2 is 1.88 bits per heavy atom. The number of aryl methyl sites for hydroxylation is 3. The Balaban J connectivity index is 1.69. The largest absolute Gasteiger partial charge is 0.358 e. The van der Waals surface area contributed by atoms with Crippen LogP contribution < -0.4 is 0 Å². The number of likely N-dealkylation sites (N-methyl/N-ethyl adjacent to an activating group) is 1. The molecule has 1 aliphatic rings. The first kappa shape index (κ1) is 17.3. The molecule has 136 valence electrons. The van der Waals surface area contributed by atoms with E-state index in [0.717, 1.165) is 35.9 Å². The molecule has 0 fully saturated rings. The van der Waals surface area contributed by atoms with Gasteiger partial charge in [-0.3, -0.25) is 0 Å². The van der Waals surface area contributed by atoms with E-state index < -0.39 is 10.0 Å². The number of fused-ring (bicyclic) bond motifs is 3. The Morgan fingerprint density at radius 3 is 2.69 bits per heavy atom. The average Bonchev–Trinajstić information content (AvgIpc) is 3.00. The van der Waals surface area contributed by atoms with E-state index in [-0.39, 0.29) is 6.04 Å². The van der Waals surface area contributed by atoms with Crippen LogP contribution in [0.1, 0.15) is 28.8 Å². The van der Waals surface area contributed by atoms with Gasteiger partial charge >= 0.3 is 0 Å². The molecular formula is C21H24N2O2S. The molecule has 1 aliphatic carbocycles. The molecule has 4 rings (SSSR count). The van der Waals surface area contributed by atoms with Crippen molar-refractivity contribution in [3.63, 3.8) is 0 Å². The number of aromatic amines is 1. The molecular weight excluding hydrogens is 344 g/mol. The smallest absolute Gasteiger partial charge is 0.243 e. The summed E-state index contributed by atoms with van der Waals surface area (Å²) >= 11 is 0. The SMILES string of the molecule is Cc1ccc(C)c(S(=O)(=O)N(C)C2CCc3[nH]c4ccccc4c3C2)c1. The topological polar surface area (TPSA) is 53.2 Å². The first-order valence-electron chi connectivity index (χ1n) is 9.01. The highest BCUT2D eigenvalue weighted by molar-refractivity contribution is 7.89. The third-order valence-electron chi connectivity index (χ3n) is 5.58. The molecule has 0 amide bonds. The van der Waals surface area contributed by atoms with Crippen LogP contribution in [-0.4, -0.2) is 30.8 Å². The van der Waals surface area contributed by atoms with Crippen LogP contribution in [0.4, 0.5) is 0 Å². The van der Waals surface area contributed by atoms with Gasteiger partial charge in [-0.1, -0.05) is 30.3 Å². The maximum Gasteiger partial charge on any atom is 0.243 e. The fourth-order valence-corrected chi connectivity index (χ4v) is 5.69. The van der Waals surface area contributed by atoms with E-state index >= 15 is 0 Å². The lowest BCUT2D eigenvalue weighted by molar-refractivity contribution is 0.335. The predicted octanol–water partition coefficient (Wildman–Crippen LogP) is 3.96. The van der Waals surface area contributed by atoms with Gasteiger partial charge < -0.3 is 4.98 Å². The van der Waals surface area contributed by atoms with Gasteiger partial charge in [-0.2, -0.15) is 4.31 Å². The molecule has 0 bridgehead atoms. The molecule has 0 radical (unpaired) electrons. The van der Waals surface area contributed by atoms with Gasteiger partial charge in [0, 0.05) is 29.7 Å². The number of aromatic nitrogens is 1. The van der Waals surface area contributed by atoms with Crippen LogP contribution in [0, 0.1) is 13.8 Å². The number of sulfonamides is 1. The van der Waals surface area contributed by atoms with Crippen molar-refractivity contribution < 1.29 is 8.42 Å². The summed E-state index contributed by atoms with van der Waals surface area (Å²) in [6, 6.07) is 13.9. The van der Waals surface area contributed by atoms with E-state index in [4.69, 9.17) is 0 Å².